The Labute approximate surface area is 107 Å². The van der Waals surface area contributed by atoms with Gasteiger partial charge in [0.2, 0.25) is 0 Å². The van der Waals surface area contributed by atoms with Crippen LogP contribution in [0.5, 0.6) is 0 Å². The van der Waals surface area contributed by atoms with Crippen molar-refractivity contribution in [1.82, 2.24) is 9.59 Å². The molecule has 0 amide bonds. The Bertz CT molecular complexity index is 345. The zero-order chi connectivity index (χ0) is 12.3. The molecule has 1 aliphatic rings. The molecular formula is C13H22N2OS. The van der Waals surface area contributed by atoms with E-state index >= 15 is 0 Å². The standard InChI is InChI=1S/C13H22N2OS/c1-9(2)12-13(17-15-14-12)11(16)8-10-6-4-3-5-7-10/h9-11,16H,3-8H2,1-2H3. The van der Waals surface area contributed by atoms with Crippen molar-refractivity contribution in [3.63, 3.8) is 0 Å². The second-order valence-electron chi connectivity index (χ2n) is 5.43. The van der Waals surface area contributed by atoms with E-state index in [1.807, 2.05) is 0 Å². The van der Waals surface area contributed by atoms with Gasteiger partial charge >= 0.3 is 0 Å². The van der Waals surface area contributed by atoms with Crippen LogP contribution in [0.1, 0.15) is 75.0 Å². The molecular weight excluding hydrogens is 232 g/mol. The first kappa shape index (κ1) is 13.0. The van der Waals surface area contributed by atoms with Crippen molar-refractivity contribution < 1.29 is 5.11 Å². The maximum atomic E-state index is 10.3. The number of rotatable bonds is 4. The predicted octanol–water partition coefficient (Wildman–Crippen LogP) is 3.67. The summed E-state index contributed by atoms with van der Waals surface area (Å²) in [6.45, 7) is 4.21. The van der Waals surface area contributed by atoms with Gasteiger partial charge in [0.25, 0.3) is 0 Å². The van der Waals surface area contributed by atoms with Crippen molar-refractivity contribution in [2.75, 3.05) is 0 Å². The van der Waals surface area contributed by atoms with Crippen LogP contribution in [-0.4, -0.2) is 14.7 Å². The first-order chi connectivity index (χ1) is 8.18. The molecule has 1 aliphatic carbocycles. The Balaban J connectivity index is 1.98. The molecule has 1 aromatic heterocycles. The molecule has 4 heteroatoms. The van der Waals surface area contributed by atoms with Gasteiger partial charge in [-0.15, -0.1) is 5.10 Å². The fourth-order valence-electron chi connectivity index (χ4n) is 2.68. The molecule has 1 unspecified atom stereocenters. The largest absolute Gasteiger partial charge is 0.387 e. The maximum Gasteiger partial charge on any atom is 0.0919 e. The Morgan fingerprint density at radius 3 is 2.65 bits per heavy atom. The number of nitrogens with zero attached hydrogens (tertiary/aromatic N) is 2. The van der Waals surface area contributed by atoms with Crippen LogP contribution in [0.15, 0.2) is 0 Å². The molecule has 1 fully saturated rings. The fourth-order valence-corrected chi connectivity index (χ4v) is 3.49. The Morgan fingerprint density at radius 1 is 1.29 bits per heavy atom. The van der Waals surface area contributed by atoms with Gasteiger partial charge < -0.3 is 5.11 Å². The van der Waals surface area contributed by atoms with Crippen molar-refractivity contribution in [2.24, 2.45) is 5.92 Å². The van der Waals surface area contributed by atoms with Gasteiger partial charge in [-0.05, 0) is 29.8 Å². The van der Waals surface area contributed by atoms with Crippen LogP contribution < -0.4 is 0 Å². The van der Waals surface area contributed by atoms with E-state index < -0.39 is 0 Å². The summed E-state index contributed by atoms with van der Waals surface area (Å²) in [4.78, 5) is 0.991. The average molecular weight is 254 g/mol. The molecule has 0 bridgehead atoms. The highest BCUT2D eigenvalue weighted by Gasteiger charge is 2.23. The Morgan fingerprint density at radius 2 is 2.00 bits per heavy atom. The van der Waals surface area contributed by atoms with Crippen molar-refractivity contribution in [3.05, 3.63) is 10.6 Å². The van der Waals surface area contributed by atoms with Crippen molar-refractivity contribution >= 4 is 11.5 Å². The first-order valence-electron chi connectivity index (χ1n) is 6.68. The number of aromatic nitrogens is 2. The number of hydrogen-bond acceptors (Lipinski definition) is 4. The predicted molar refractivity (Wildman–Crippen MR) is 70.1 cm³/mol. The molecule has 0 saturated heterocycles. The topological polar surface area (TPSA) is 46.0 Å². The quantitative estimate of drug-likeness (QED) is 0.891. The molecule has 1 heterocycles. The maximum absolute atomic E-state index is 10.3. The van der Waals surface area contributed by atoms with Crippen molar-refractivity contribution in [3.8, 4) is 0 Å². The second kappa shape index (κ2) is 5.91. The molecule has 1 N–H and O–H groups in total. The van der Waals surface area contributed by atoms with Gasteiger partial charge in [0, 0.05) is 0 Å². The molecule has 1 atom stereocenters. The van der Waals surface area contributed by atoms with Crippen LogP contribution in [-0.2, 0) is 0 Å². The molecule has 3 nitrogen and oxygen atoms in total. The van der Waals surface area contributed by atoms with Gasteiger partial charge in [-0.3, -0.25) is 0 Å². The molecule has 0 aliphatic heterocycles. The lowest BCUT2D eigenvalue weighted by Gasteiger charge is -2.23. The third kappa shape index (κ3) is 3.26. The molecule has 17 heavy (non-hydrogen) atoms. The van der Waals surface area contributed by atoms with Crippen LogP contribution >= 0.6 is 11.5 Å². The summed E-state index contributed by atoms with van der Waals surface area (Å²) >= 11 is 1.36. The Hall–Kier alpha value is -0.480. The fraction of sp³-hybridized carbons (Fsp3) is 0.846. The van der Waals surface area contributed by atoms with E-state index in [1.54, 1.807) is 0 Å². The Kier molecular flexibility index (Phi) is 4.51. The molecule has 96 valence electrons. The van der Waals surface area contributed by atoms with Crippen LogP contribution in [0, 0.1) is 5.92 Å². The number of hydrogen-bond donors (Lipinski definition) is 1. The summed E-state index contributed by atoms with van der Waals surface area (Å²) in [5, 5.41) is 14.5. The van der Waals surface area contributed by atoms with E-state index in [1.165, 1.54) is 43.6 Å². The van der Waals surface area contributed by atoms with E-state index in [0.29, 0.717) is 11.8 Å². The third-order valence-electron chi connectivity index (χ3n) is 3.67. The van der Waals surface area contributed by atoms with E-state index in [4.69, 9.17) is 0 Å². The smallest absolute Gasteiger partial charge is 0.0919 e. The molecule has 0 aromatic carbocycles. The lowest BCUT2D eigenvalue weighted by Crippen LogP contribution is -2.11. The summed E-state index contributed by atoms with van der Waals surface area (Å²) < 4.78 is 3.99. The average Bonchev–Trinajstić information content (AvgIpc) is 2.79. The van der Waals surface area contributed by atoms with Gasteiger partial charge in [0.05, 0.1) is 16.7 Å². The number of aliphatic hydroxyl groups excluding tert-OH is 1. The summed E-state index contributed by atoms with van der Waals surface area (Å²) in [6, 6.07) is 0. The molecule has 0 spiro atoms. The normalized spacial score (nSPS) is 19.8. The minimum atomic E-state index is -0.351. The lowest BCUT2D eigenvalue weighted by molar-refractivity contribution is 0.133. The van der Waals surface area contributed by atoms with Crippen molar-refractivity contribution in [2.45, 2.75) is 64.4 Å². The van der Waals surface area contributed by atoms with E-state index in [9.17, 15) is 5.11 Å². The third-order valence-corrected chi connectivity index (χ3v) is 4.51. The molecule has 0 radical (unpaired) electrons. The van der Waals surface area contributed by atoms with Gasteiger partial charge in [-0.25, -0.2) is 0 Å². The van der Waals surface area contributed by atoms with Crippen LogP contribution in [0.2, 0.25) is 0 Å². The van der Waals surface area contributed by atoms with Gasteiger partial charge in [0.15, 0.2) is 0 Å². The van der Waals surface area contributed by atoms with E-state index in [2.05, 4.69) is 23.4 Å². The second-order valence-corrected chi connectivity index (χ2v) is 6.22. The summed E-state index contributed by atoms with van der Waals surface area (Å²) in [6.07, 6.45) is 7.12. The summed E-state index contributed by atoms with van der Waals surface area (Å²) in [5.74, 6) is 1.05. The lowest BCUT2D eigenvalue weighted by atomic mass is 9.85. The first-order valence-corrected chi connectivity index (χ1v) is 7.46. The van der Waals surface area contributed by atoms with Gasteiger partial charge in [0.1, 0.15) is 0 Å². The number of aliphatic hydroxyl groups is 1. The minimum Gasteiger partial charge on any atom is -0.387 e. The van der Waals surface area contributed by atoms with E-state index in [0.717, 1.165) is 17.0 Å². The summed E-state index contributed by atoms with van der Waals surface area (Å²) in [5.41, 5.74) is 0.985. The van der Waals surface area contributed by atoms with Crippen LogP contribution in [0.3, 0.4) is 0 Å². The highest BCUT2D eigenvalue weighted by Crippen LogP contribution is 2.35. The zero-order valence-corrected chi connectivity index (χ0v) is 11.5. The highest BCUT2D eigenvalue weighted by atomic mass is 32.1. The summed E-state index contributed by atoms with van der Waals surface area (Å²) in [7, 11) is 0. The molecule has 1 aromatic rings. The van der Waals surface area contributed by atoms with Crippen molar-refractivity contribution in [1.29, 1.82) is 0 Å². The monoisotopic (exact) mass is 254 g/mol. The van der Waals surface area contributed by atoms with Crippen LogP contribution in [0.4, 0.5) is 0 Å². The minimum absolute atomic E-state index is 0.351. The van der Waals surface area contributed by atoms with Gasteiger partial charge in [-0.1, -0.05) is 50.4 Å². The zero-order valence-electron chi connectivity index (χ0n) is 10.7. The van der Waals surface area contributed by atoms with E-state index in [-0.39, 0.29) is 6.10 Å². The molecule has 2 rings (SSSR count). The van der Waals surface area contributed by atoms with Crippen LogP contribution in [0.25, 0.3) is 0 Å². The SMILES string of the molecule is CC(C)c1nnsc1C(O)CC1CCCCC1. The molecule has 1 saturated carbocycles. The van der Waals surface area contributed by atoms with Gasteiger partial charge in [-0.2, -0.15) is 0 Å². The highest BCUT2D eigenvalue weighted by molar-refractivity contribution is 7.05.